The third-order valence-corrected chi connectivity index (χ3v) is 6.56. The number of hydrogen-bond acceptors (Lipinski definition) is 5. The predicted molar refractivity (Wildman–Crippen MR) is 113 cm³/mol. The molecule has 0 saturated heterocycles. The summed E-state index contributed by atoms with van der Waals surface area (Å²) in [7, 11) is -3.70. The van der Waals surface area contributed by atoms with E-state index in [-0.39, 0.29) is 17.3 Å². The molecule has 4 rings (SSSR count). The molecule has 2 N–H and O–H groups in total. The van der Waals surface area contributed by atoms with E-state index < -0.39 is 10.0 Å². The topological polar surface area (TPSA) is 106 Å². The molecule has 1 saturated carbocycles. The number of rotatable bonds is 7. The second-order valence-corrected chi connectivity index (χ2v) is 9.18. The summed E-state index contributed by atoms with van der Waals surface area (Å²) in [6.07, 6.45) is 3.91. The first-order valence-corrected chi connectivity index (χ1v) is 11.2. The van der Waals surface area contributed by atoms with Gasteiger partial charge in [-0.3, -0.25) is 9.52 Å². The van der Waals surface area contributed by atoms with Crippen LogP contribution in [-0.4, -0.2) is 29.1 Å². The van der Waals surface area contributed by atoms with Crippen LogP contribution in [0, 0.1) is 13.8 Å². The van der Waals surface area contributed by atoms with Crippen molar-refractivity contribution in [2.24, 2.45) is 0 Å². The lowest BCUT2D eigenvalue weighted by molar-refractivity contribution is 0.0949. The van der Waals surface area contributed by atoms with Gasteiger partial charge in [0.25, 0.3) is 15.9 Å². The Morgan fingerprint density at radius 3 is 2.50 bits per heavy atom. The number of anilines is 1. The minimum Gasteiger partial charge on any atom is -0.345 e. The summed E-state index contributed by atoms with van der Waals surface area (Å²) in [5, 5.41) is 10.8. The molecule has 0 unspecified atom stereocenters. The van der Waals surface area contributed by atoms with Crippen LogP contribution in [0.15, 0.2) is 53.7 Å². The van der Waals surface area contributed by atoms with E-state index in [0.29, 0.717) is 17.3 Å². The Kier molecular flexibility index (Phi) is 5.29. The van der Waals surface area contributed by atoms with Crippen molar-refractivity contribution in [1.82, 2.24) is 20.1 Å². The van der Waals surface area contributed by atoms with Crippen LogP contribution in [0.3, 0.4) is 0 Å². The van der Waals surface area contributed by atoms with E-state index in [9.17, 15) is 13.2 Å². The van der Waals surface area contributed by atoms with Gasteiger partial charge in [0, 0.05) is 17.3 Å². The quantitative estimate of drug-likeness (QED) is 0.605. The largest absolute Gasteiger partial charge is 0.345 e. The Labute approximate surface area is 175 Å². The fourth-order valence-corrected chi connectivity index (χ4v) is 4.24. The summed E-state index contributed by atoms with van der Waals surface area (Å²) >= 11 is 0. The highest BCUT2D eigenvalue weighted by atomic mass is 32.2. The molecule has 0 bridgehead atoms. The number of carbonyl (C=O) groups is 1. The number of benzene rings is 2. The molecule has 0 aliphatic heterocycles. The molecule has 0 spiro atoms. The molecule has 156 valence electrons. The van der Waals surface area contributed by atoms with Crippen LogP contribution in [0.2, 0.25) is 0 Å². The first-order chi connectivity index (χ1) is 14.3. The van der Waals surface area contributed by atoms with Crippen LogP contribution in [0.1, 0.15) is 46.2 Å². The molecule has 1 aliphatic rings. The lowest BCUT2D eigenvalue weighted by atomic mass is 10.1. The molecule has 2 aromatic carbocycles. The summed E-state index contributed by atoms with van der Waals surface area (Å²) in [6, 6.07) is 11.7. The molecule has 8 nitrogen and oxygen atoms in total. The van der Waals surface area contributed by atoms with Crippen molar-refractivity contribution in [2.75, 3.05) is 4.72 Å². The maximum Gasteiger partial charge on any atom is 0.261 e. The van der Waals surface area contributed by atoms with Crippen LogP contribution >= 0.6 is 0 Å². The predicted octanol–water partition coefficient (Wildman–Crippen LogP) is 2.96. The Morgan fingerprint density at radius 1 is 1.10 bits per heavy atom. The van der Waals surface area contributed by atoms with Crippen LogP contribution in [0.25, 0.3) is 0 Å². The van der Waals surface area contributed by atoms with Crippen LogP contribution in [-0.2, 0) is 16.6 Å². The maximum atomic E-state index is 12.6. The molecular weight excluding hydrogens is 402 g/mol. The molecule has 30 heavy (non-hydrogen) atoms. The van der Waals surface area contributed by atoms with Gasteiger partial charge in [0.1, 0.15) is 6.33 Å². The van der Waals surface area contributed by atoms with E-state index in [1.165, 1.54) is 0 Å². The highest BCUT2D eigenvalue weighted by molar-refractivity contribution is 7.92. The number of aromatic nitrogens is 3. The number of nitrogens with zero attached hydrogens (tertiary/aromatic N) is 3. The van der Waals surface area contributed by atoms with Gasteiger partial charge in [-0.1, -0.05) is 6.07 Å². The summed E-state index contributed by atoms with van der Waals surface area (Å²) in [4.78, 5) is 12.6. The molecule has 1 aliphatic carbocycles. The van der Waals surface area contributed by atoms with E-state index in [4.69, 9.17) is 0 Å². The minimum atomic E-state index is -3.70. The normalized spacial score (nSPS) is 13.8. The third-order valence-electron chi connectivity index (χ3n) is 5.18. The minimum absolute atomic E-state index is 0.201. The zero-order chi connectivity index (χ0) is 21.3. The van der Waals surface area contributed by atoms with Gasteiger partial charge in [0.2, 0.25) is 0 Å². The lowest BCUT2D eigenvalue weighted by Crippen LogP contribution is -2.24. The summed E-state index contributed by atoms with van der Waals surface area (Å²) in [5.74, 6) is 0.465. The van der Waals surface area contributed by atoms with Crippen molar-refractivity contribution in [3.05, 3.63) is 71.3 Å². The molecule has 1 fully saturated rings. The Hall–Kier alpha value is -3.20. The van der Waals surface area contributed by atoms with Crippen molar-refractivity contribution in [1.29, 1.82) is 0 Å². The molecule has 0 radical (unpaired) electrons. The number of sulfonamides is 1. The number of aryl methyl sites for hydroxylation is 2. The smallest absolute Gasteiger partial charge is 0.261 e. The van der Waals surface area contributed by atoms with E-state index in [1.807, 2.05) is 18.4 Å². The number of amides is 1. The number of nitrogens with one attached hydrogen (secondary N) is 2. The SMILES string of the molecule is Cc1ccc(S(=O)(=O)Nc2ccc(C(=O)NCc3nncn3C3CC3)cc2)cc1C. The Balaban J connectivity index is 1.40. The van der Waals surface area contributed by atoms with Crippen LogP contribution in [0.5, 0.6) is 0 Å². The number of carbonyl (C=O) groups excluding carboxylic acids is 1. The van der Waals surface area contributed by atoms with Gasteiger partial charge in [0.05, 0.1) is 11.4 Å². The third kappa shape index (κ3) is 4.35. The Bertz CT molecular complexity index is 1180. The highest BCUT2D eigenvalue weighted by Gasteiger charge is 2.26. The van der Waals surface area contributed by atoms with Crippen LogP contribution < -0.4 is 10.0 Å². The van der Waals surface area contributed by atoms with Crippen molar-refractivity contribution in [2.45, 2.75) is 44.2 Å². The zero-order valence-electron chi connectivity index (χ0n) is 16.8. The van der Waals surface area contributed by atoms with Crippen molar-refractivity contribution >= 4 is 21.6 Å². The summed E-state index contributed by atoms with van der Waals surface area (Å²) in [6.45, 7) is 4.09. The fourth-order valence-electron chi connectivity index (χ4n) is 3.10. The second kappa shape index (κ2) is 7.91. The van der Waals surface area contributed by atoms with Crippen molar-refractivity contribution < 1.29 is 13.2 Å². The van der Waals surface area contributed by atoms with Gasteiger partial charge in [-0.2, -0.15) is 0 Å². The van der Waals surface area contributed by atoms with E-state index in [1.54, 1.807) is 48.8 Å². The average Bonchev–Trinajstić information content (AvgIpc) is 3.46. The van der Waals surface area contributed by atoms with E-state index in [2.05, 4.69) is 20.2 Å². The van der Waals surface area contributed by atoms with Gasteiger partial charge < -0.3 is 9.88 Å². The maximum absolute atomic E-state index is 12.6. The first kappa shape index (κ1) is 20.1. The lowest BCUT2D eigenvalue weighted by Gasteiger charge is -2.11. The van der Waals surface area contributed by atoms with E-state index in [0.717, 1.165) is 29.8 Å². The fraction of sp³-hybridized carbons (Fsp3) is 0.286. The van der Waals surface area contributed by atoms with Crippen molar-refractivity contribution in [3.8, 4) is 0 Å². The second-order valence-electron chi connectivity index (χ2n) is 7.50. The molecule has 1 aromatic heterocycles. The molecule has 1 heterocycles. The standard InChI is InChI=1S/C21H23N5O3S/c1-14-3-10-19(11-15(14)2)30(28,29)25-17-6-4-16(5-7-17)21(27)22-12-20-24-23-13-26(20)18-8-9-18/h3-7,10-11,13,18,25H,8-9,12H2,1-2H3,(H,22,27). The average molecular weight is 426 g/mol. The van der Waals surface area contributed by atoms with Gasteiger partial charge in [-0.25, -0.2) is 8.42 Å². The van der Waals surface area contributed by atoms with Crippen molar-refractivity contribution in [3.63, 3.8) is 0 Å². The zero-order valence-corrected chi connectivity index (χ0v) is 17.6. The first-order valence-electron chi connectivity index (χ1n) is 9.70. The van der Waals surface area contributed by atoms with Crippen LogP contribution in [0.4, 0.5) is 5.69 Å². The summed E-state index contributed by atoms with van der Waals surface area (Å²) in [5.41, 5.74) is 2.75. The monoisotopic (exact) mass is 425 g/mol. The molecule has 3 aromatic rings. The summed E-state index contributed by atoms with van der Waals surface area (Å²) < 4.78 is 29.7. The highest BCUT2D eigenvalue weighted by Crippen LogP contribution is 2.35. The molecule has 9 heteroatoms. The Morgan fingerprint density at radius 2 is 1.83 bits per heavy atom. The molecule has 0 atom stereocenters. The molecular formula is C21H23N5O3S. The van der Waals surface area contributed by atoms with Gasteiger partial charge >= 0.3 is 0 Å². The van der Waals surface area contributed by atoms with Gasteiger partial charge in [-0.05, 0) is 74.2 Å². The number of hydrogen-bond donors (Lipinski definition) is 2. The van der Waals surface area contributed by atoms with Gasteiger partial charge in [0.15, 0.2) is 5.82 Å². The van der Waals surface area contributed by atoms with Gasteiger partial charge in [-0.15, -0.1) is 10.2 Å². The van der Waals surface area contributed by atoms with E-state index >= 15 is 0 Å². The molecule has 1 amide bonds.